The number of nitrogens with one attached hydrogen (secondary N) is 2. The molecule has 0 amide bonds. The van der Waals surface area contributed by atoms with Crippen LogP contribution in [0.5, 0.6) is 0 Å². The van der Waals surface area contributed by atoms with Crippen molar-refractivity contribution in [1.82, 2.24) is 15.2 Å². The molecule has 0 fully saturated rings. The number of H-pyrrole nitrogens is 1. The zero-order chi connectivity index (χ0) is 14.9. The highest BCUT2D eigenvalue weighted by atomic mass is 32.2. The number of anilines is 1. The average molecular weight is 303 g/mol. The van der Waals surface area contributed by atoms with Crippen molar-refractivity contribution in [1.29, 1.82) is 0 Å². The van der Waals surface area contributed by atoms with Gasteiger partial charge in [-0.05, 0) is 12.1 Å². The highest BCUT2D eigenvalue weighted by Gasteiger charge is 2.19. The molecule has 21 heavy (non-hydrogen) atoms. The van der Waals surface area contributed by atoms with E-state index >= 15 is 0 Å². The summed E-state index contributed by atoms with van der Waals surface area (Å²) in [5, 5.41) is 7.75. The average Bonchev–Trinajstić information content (AvgIpc) is 2.93. The second-order valence-corrected chi connectivity index (χ2v) is 6.08. The van der Waals surface area contributed by atoms with Crippen molar-refractivity contribution in [2.45, 2.75) is 11.4 Å². The molecule has 4 N–H and O–H groups in total. The van der Waals surface area contributed by atoms with Crippen LogP contribution in [-0.4, -0.2) is 23.6 Å². The van der Waals surface area contributed by atoms with E-state index in [9.17, 15) is 8.42 Å². The molecule has 0 bridgehead atoms. The summed E-state index contributed by atoms with van der Waals surface area (Å²) in [6.07, 6.45) is 4.67. The van der Waals surface area contributed by atoms with Crippen LogP contribution in [0.15, 0.2) is 47.8 Å². The van der Waals surface area contributed by atoms with Crippen molar-refractivity contribution in [3.05, 3.63) is 48.4 Å². The van der Waals surface area contributed by atoms with Gasteiger partial charge in [-0.1, -0.05) is 12.1 Å². The lowest BCUT2D eigenvalue weighted by Crippen LogP contribution is -2.15. The molecule has 0 aliphatic heterocycles. The van der Waals surface area contributed by atoms with E-state index in [0.717, 1.165) is 5.39 Å². The van der Waals surface area contributed by atoms with Gasteiger partial charge in [0.25, 0.3) is 10.0 Å². The molecular weight excluding hydrogens is 290 g/mol. The van der Waals surface area contributed by atoms with Crippen molar-refractivity contribution in [3.8, 4) is 0 Å². The molecule has 0 spiro atoms. The SMILES string of the molecule is NCc1cn[nH]c1NS(=O)(=O)c1cccc2cnccc12. The first-order chi connectivity index (χ1) is 10.1. The second-order valence-electron chi connectivity index (χ2n) is 4.43. The first kappa shape index (κ1) is 13.5. The number of nitrogens with zero attached hydrogens (tertiary/aromatic N) is 2. The standard InChI is InChI=1S/C13H13N5O2S/c14-6-10-8-16-17-13(10)18-21(19,20)12-3-1-2-9-7-15-5-4-11(9)12/h1-5,7-8H,6,14H2,(H2,16,17,18). The molecule has 2 heterocycles. The molecule has 7 nitrogen and oxygen atoms in total. The van der Waals surface area contributed by atoms with Gasteiger partial charge in [0.15, 0.2) is 0 Å². The lowest BCUT2D eigenvalue weighted by Gasteiger charge is -2.10. The van der Waals surface area contributed by atoms with Crippen LogP contribution in [0.25, 0.3) is 10.8 Å². The van der Waals surface area contributed by atoms with E-state index in [2.05, 4.69) is 19.9 Å². The molecule has 108 valence electrons. The Morgan fingerprint density at radius 2 is 2.10 bits per heavy atom. The first-order valence-electron chi connectivity index (χ1n) is 6.19. The van der Waals surface area contributed by atoms with E-state index in [4.69, 9.17) is 5.73 Å². The quantitative estimate of drug-likeness (QED) is 0.670. The Kier molecular flexibility index (Phi) is 3.32. The predicted octanol–water partition coefficient (Wildman–Crippen LogP) is 1.22. The smallest absolute Gasteiger partial charge is 0.263 e. The van der Waals surface area contributed by atoms with Crippen LogP contribution in [-0.2, 0) is 16.6 Å². The van der Waals surface area contributed by atoms with Gasteiger partial charge in [-0.25, -0.2) is 8.42 Å². The van der Waals surface area contributed by atoms with Gasteiger partial charge in [0.2, 0.25) is 0 Å². The van der Waals surface area contributed by atoms with Crippen LogP contribution in [0.3, 0.4) is 0 Å². The van der Waals surface area contributed by atoms with Crippen LogP contribution in [0.4, 0.5) is 5.82 Å². The molecule has 0 saturated heterocycles. The molecule has 3 rings (SSSR count). The summed E-state index contributed by atoms with van der Waals surface area (Å²) in [5.41, 5.74) is 6.14. The van der Waals surface area contributed by atoms with E-state index < -0.39 is 10.0 Å². The third kappa shape index (κ3) is 2.46. The van der Waals surface area contributed by atoms with E-state index in [0.29, 0.717) is 10.9 Å². The van der Waals surface area contributed by atoms with Crippen molar-refractivity contribution >= 4 is 26.6 Å². The van der Waals surface area contributed by atoms with Crippen LogP contribution >= 0.6 is 0 Å². The topological polar surface area (TPSA) is 114 Å². The Labute approximate surface area is 121 Å². The molecule has 1 aromatic carbocycles. The fourth-order valence-corrected chi connectivity index (χ4v) is 3.36. The Balaban J connectivity index is 2.09. The summed E-state index contributed by atoms with van der Waals surface area (Å²) in [4.78, 5) is 4.17. The van der Waals surface area contributed by atoms with Crippen molar-refractivity contribution in [3.63, 3.8) is 0 Å². The number of aromatic amines is 1. The summed E-state index contributed by atoms with van der Waals surface area (Å²) in [6.45, 7) is 0.188. The Bertz CT molecular complexity index is 883. The minimum atomic E-state index is -3.75. The molecule has 2 aromatic heterocycles. The molecule has 0 aliphatic rings. The summed E-state index contributed by atoms with van der Waals surface area (Å²) < 4.78 is 27.6. The lowest BCUT2D eigenvalue weighted by atomic mass is 10.2. The number of hydrogen-bond donors (Lipinski definition) is 3. The van der Waals surface area contributed by atoms with E-state index in [1.54, 1.807) is 30.6 Å². The van der Waals surface area contributed by atoms with Crippen LogP contribution < -0.4 is 10.5 Å². The predicted molar refractivity (Wildman–Crippen MR) is 79.0 cm³/mol. The monoisotopic (exact) mass is 303 g/mol. The number of fused-ring (bicyclic) bond motifs is 1. The van der Waals surface area contributed by atoms with Crippen LogP contribution in [0.1, 0.15) is 5.56 Å². The number of nitrogens with two attached hydrogens (primary N) is 1. The van der Waals surface area contributed by atoms with Gasteiger partial charge in [0, 0.05) is 35.3 Å². The zero-order valence-corrected chi connectivity index (χ0v) is 11.8. The second kappa shape index (κ2) is 5.15. The Morgan fingerprint density at radius 3 is 2.90 bits per heavy atom. The fraction of sp³-hybridized carbons (Fsp3) is 0.0769. The third-order valence-electron chi connectivity index (χ3n) is 3.10. The summed E-state index contributed by atoms with van der Waals surface area (Å²) in [6, 6.07) is 6.70. The van der Waals surface area contributed by atoms with Crippen LogP contribution in [0, 0.1) is 0 Å². The molecule has 8 heteroatoms. The van der Waals surface area contributed by atoms with Gasteiger partial charge in [-0.2, -0.15) is 5.10 Å². The van der Waals surface area contributed by atoms with E-state index in [1.807, 2.05) is 6.07 Å². The minimum absolute atomic E-state index is 0.181. The fourth-order valence-electron chi connectivity index (χ4n) is 2.07. The number of aromatic nitrogens is 3. The van der Waals surface area contributed by atoms with Gasteiger partial charge < -0.3 is 5.73 Å². The van der Waals surface area contributed by atoms with Crippen molar-refractivity contribution < 1.29 is 8.42 Å². The number of benzene rings is 1. The minimum Gasteiger partial charge on any atom is -0.326 e. The Morgan fingerprint density at radius 1 is 1.24 bits per heavy atom. The molecule has 0 aliphatic carbocycles. The first-order valence-corrected chi connectivity index (χ1v) is 7.68. The van der Waals surface area contributed by atoms with Crippen LogP contribution in [0.2, 0.25) is 0 Å². The molecular formula is C13H13N5O2S. The van der Waals surface area contributed by atoms with Gasteiger partial charge >= 0.3 is 0 Å². The molecule has 0 saturated carbocycles. The summed E-state index contributed by atoms with van der Waals surface area (Å²) in [7, 11) is -3.75. The molecule has 0 radical (unpaired) electrons. The maximum Gasteiger partial charge on any atom is 0.263 e. The molecule has 0 atom stereocenters. The summed E-state index contributed by atoms with van der Waals surface area (Å²) >= 11 is 0. The zero-order valence-electron chi connectivity index (χ0n) is 10.9. The van der Waals surface area contributed by atoms with Gasteiger partial charge in [-0.3, -0.25) is 14.8 Å². The molecule has 0 unspecified atom stereocenters. The lowest BCUT2D eigenvalue weighted by molar-refractivity contribution is 0.602. The van der Waals surface area contributed by atoms with E-state index in [1.165, 1.54) is 6.20 Å². The Hall–Kier alpha value is -2.45. The van der Waals surface area contributed by atoms with Crippen molar-refractivity contribution in [2.24, 2.45) is 5.73 Å². The number of sulfonamides is 1. The highest BCUT2D eigenvalue weighted by Crippen LogP contribution is 2.24. The normalized spacial score (nSPS) is 11.7. The maximum atomic E-state index is 12.6. The maximum absolute atomic E-state index is 12.6. The van der Waals surface area contributed by atoms with Gasteiger partial charge in [-0.15, -0.1) is 0 Å². The molecule has 3 aromatic rings. The number of pyridine rings is 1. The largest absolute Gasteiger partial charge is 0.326 e. The number of rotatable bonds is 4. The van der Waals surface area contributed by atoms with Crippen molar-refractivity contribution in [2.75, 3.05) is 4.72 Å². The van der Waals surface area contributed by atoms with Gasteiger partial charge in [0.05, 0.1) is 11.1 Å². The van der Waals surface area contributed by atoms with Gasteiger partial charge in [0.1, 0.15) is 5.82 Å². The highest BCUT2D eigenvalue weighted by molar-refractivity contribution is 7.93. The van der Waals surface area contributed by atoms with E-state index in [-0.39, 0.29) is 17.3 Å². The summed E-state index contributed by atoms with van der Waals surface area (Å²) in [5.74, 6) is 0.281. The third-order valence-corrected chi connectivity index (χ3v) is 4.51. The number of hydrogen-bond acceptors (Lipinski definition) is 5.